The summed E-state index contributed by atoms with van der Waals surface area (Å²) in [4.78, 5) is 12.3. The van der Waals surface area contributed by atoms with E-state index in [-0.39, 0.29) is 5.02 Å². The number of ether oxygens (including phenoxy) is 2. The summed E-state index contributed by atoms with van der Waals surface area (Å²) in [5.74, 6) is 1.29. The van der Waals surface area contributed by atoms with Gasteiger partial charge in [0.05, 0.1) is 41.3 Å². The highest BCUT2D eigenvalue weighted by Crippen LogP contribution is 2.32. The van der Waals surface area contributed by atoms with Crippen molar-refractivity contribution in [3.63, 3.8) is 0 Å². The molecule has 1 heterocycles. The Kier molecular flexibility index (Phi) is 6.72. The Morgan fingerprint density at radius 1 is 0.909 bits per heavy atom. The van der Waals surface area contributed by atoms with E-state index in [0.29, 0.717) is 27.9 Å². The monoisotopic (exact) mass is 482 g/mol. The summed E-state index contributed by atoms with van der Waals surface area (Å²) in [6.07, 6.45) is 1.86. The van der Waals surface area contributed by atoms with Gasteiger partial charge in [0.25, 0.3) is 0 Å². The molecule has 0 saturated heterocycles. The van der Waals surface area contributed by atoms with Crippen molar-refractivity contribution in [3.8, 4) is 28.4 Å². The second-order valence-electron chi connectivity index (χ2n) is 6.94. The number of nitrogens with zero attached hydrogens (tertiary/aromatic N) is 2. The average molecular weight is 483 g/mol. The van der Waals surface area contributed by atoms with Crippen LogP contribution in [0.25, 0.3) is 16.9 Å². The number of aromatic nitrogens is 2. The van der Waals surface area contributed by atoms with Gasteiger partial charge in [0.2, 0.25) is 0 Å². The van der Waals surface area contributed by atoms with E-state index in [1.807, 2.05) is 42.6 Å². The number of methoxy groups -OCH3 is 2. The molecule has 0 bridgehead atoms. The van der Waals surface area contributed by atoms with Crippen LogP contribution in [0.3, 0.4) is 0 Å². The normalized spacial score (nSPS) is 10.5. The highest BCUT2D eigenvalue weighted by Gasteiger charge is 2.11. The Morgan fingerprint density at radius 3 is 2.39 bits per heavy atom. The number of amides is 2. The fourth-order valence-electron chi connectivity index (χ4n) is 3.20. The van der Waals surface area contributed by atoms with Crippen molar-refractivity contribution in [1.29, 1.82) is 0 Å². The molecule has 0 atom stereocenters. The molecule has 7 nitrogen and oxygen atoms in total. The fraction of sp³-hybridized carbons (Fsp3) is 0.0833. The molecular formula is C24H20Cl2N4O3. The average Bonchev–Trinajstić information content (AvgIpc) is 3.32. The molecule has 9 heteroatoms. The quantitative estimate of drug-likeness (QED) is 0.328. The zero-order valence-corrected chi connectivity index (χ0v) is 19.3. The van der Waals surface area contributed by atoms with Gasteiger partial charge in [-0.3, -0.25) is 0 Å². The first-order chi connectivity index (χ1) is 16.0. The smallest absolute Gasteiger partial charge is 0.323 e. The molecule has 0 fully saturated rings. The second-order valence-corrected chi connectivity index (χ2v) is 7.73. The van der Waals surface area contributed by atoms with Crippen LogP contribution in [0.2, 0.25) is 10.0 Å². The lowest BCUT2D eigenvalue weighted by Gasteiger charge is -2.10. The van der Waals surface area contributed by atoms with E-state index in [1.165, 1.54) is 0 Å². The van der Waals surface area contributed by atoms with Crippen LogP contribution in [0.4, 0.5) is 16.2 Å². The summed E-state index contributed by atoms with van der Waals surface area (Å²) >= 11 is 12.1. The van der Waals surface area contributed by atoms with Crippen molar-refractivity contribution in [1.82, 2.24) is 9.78 Å². The van der Waals surface area contributed by atoms with E-state index < -0.39 is 6.03 Å². The number of hydrogen-bond donors (Lipinski definition) is 2. The fourth-order valence-corrected chi connectivity index (χ4v) is 3.55. The van der Waals surface area contributed by atoms with Crippen molar-refractivity contribution in [2.24, 2.45) is 0 Å². The predicted molar refractivity (Wildman–Crippen MR) is 131 cm³/mol. The van der Waals surface area contributed by atoms with E-state index in [1.54, 1.807) is 49.2 Å². The second kappa shape index (κ2) is 9.85. The molecule has 0 aliphatic carbocycles. The molecule has 0 saturated carbocycles. The van der Waals surface area contributed by atoms with E-state index >= 15 is 0 Å². The summed E-state index contributed by atoms with van der Waals surface area (Å²) < 4.78 is 12.4. The number of carbonyl (C=O) groups excluding carboxylic acids is 1. The van der Waals surface area contributed by atoms with Crippen molar-refractivity contribution < 1.29 is 14.3 Å². The largest absolute Gasteiger partial charge is 0.493 e. The predicted octanol–water partition coefficient (Wildman–Crippen LogP) is 6.51. The van der Waals surface area contributed by atoms with Gasteiger partial charge in [-0.05, 0) is 60.7 Å². The Labute approximate surface area is 200 Å². The van der Waals surface area contributed by atoms with Gasteiger partial charge in [0.1, 0.15) is 0 Å². The summed E-state index contributed by atoms with van der Waals surface area (Å²) in [5, 5.41) is 10.7. The first kappa shape index (κ1) is 22.5. The molecule has 3 aromatic carbocycles. The van der Waals surface area contributed by atoms with Crippen LogP contribution in [0.5, 0.6) is 11.5 Å². The van der Waals surface area contributed by atoms with E-state index in [0.717, 1.165) is 16.9 Å². The lowest BCUT2D eigenvalue weighted by Crippen LogP contribution is -2.19. The SMILES string of the molecule is COc1ccc(-c2ccn(-c3ccc(NC(=O)Nc4cccc(Cl)c4Cl)cc3)n2)cc1OC. The van der Waals surface area contributed by atoms with Crippen LogP contribution in [0, 0.1) is 0 Å². The van der Waals surface area contributed by atoms with Gasteiger partial charge in [0, 0.05) is 17.4 Å². The van der Waals surface area contributed by atoms with E-state index in [4.69, 9.17) is 32.7 Å². The summed E-state index contributed by atoms with van der Waals surface area (Å²) in [6, 6.07) is 19.4. The molecule has 33 heavy (non-hydrogen) atoms. The molecule has 0 aliphatic rings. The molecule has 0 aliphatic heterocycles. The zero-order valence-electron chi connectivity index (χ0n) is 17.8. The maximum Gasteiger partial charge on any atom is 0.323 e. The number of benzene rings is 3. The summed E-state index contributed by atoms with van der Waals surface area (Å²) in [6.45, 7) is 0. The van der Waals surface area contributed by atoms with Gasteiger partial charge in [-0.25, -0.2) is 9.48 Å². The van der Waals surface area contributed by atoms with Crippen LogP contribution in [-0.2, 0) is 0 Å². The first-order valence-electron chi connectivity index (χ1n) is 9.89. The van der Waals surface area contributed by atoms with Gasteiger partial charge < -0.3 is 20.1 Å². The van der Waals surface area contributed by atoms with Gasteiger partial charge in [-0.2, -0.15) is 5.10 Å². The molecule has 0 radical (unpaired) electrons. The third-order valence-electron chi connectivity index (χ3n) is 4.86. The number of urea groups is 1. The standard InChI is InChI=1S/C24H20Cl2N4O3/c1-32-21-11-6-15(14-22(21)33-2)19-12-13-30(29-19)17-9-7-16(8-10-17)27-24(31)28-20-5-3-4-18(25)23(20)26/h3-14H,1-2H3,(H2,27,28,31). The van der Waals surface area contributed by atoms with E-state index in [2.05, 4.69) is 15.7 Å². The number of halogens is 2. The van der Waals surface area contributed by atoms with Crippen molar-refractivity contribution in [2.75, 3.05) is 24.9 Å². The van der Waals surface area contributed by atoms with Crippen molar-refractivity contribution >= 4 is 40.6 Å². The minimum absolute atomic E-state index is 0.286. The molecule has 2 N–H and O–H groups in total. The summed E-state index contributed by atoms with van der Waals surface area (Å²) in [5.41, 5.74) is 3.57. The number of hydrogen-bond acceptors (Lipinski definition) is 4. The van der Waals surface area contributed by atoms with Crippen LogP contribution in [0.1, 0.15) is 0 Å². The van der Waals surface area contributed by atoms with Gasteiger partial charge in [0.15, 0.2) is 11.5 Å². The van der Waals surface area contributed by atoms with Crippen LogP contribution in [0.15, 0.2) is 72.9 Å². The van der Waals surface area contributed by atoms with Crippen LogP contribution in [-0.4, -0.2) is 30.0 Å². The summed E-state index contributed by atoms with van der Waals surface area (Å²) in [7, 11) is 3.19. The molecule has 1 aromatic heterocycles. The Hall–Kier alpha value is -3.68. The maximum atomic E-state index is 12.3. The molecule has 0 spiro atoms. The number of anilines is 2. The molecule has 0 unspecified atom stereocenters. The maximum absolute atomic E-state index is 12.3. The zero-order chi connectivity index (χ0) is 23.4. The highest BCUT2D eigenvalue weighted by molar-refractivity contribution is 6.44. The van der Waals surface area contributed by atoms with Gasteiger partial charge in [-0.1, -0.05) is 29.3 Å². The third kappa shape index (κ3) is 5.05. The van der Waals surface area contributed by atoms with Crippen LogP contribution < -0.4 is 20.1 Å². The topological polar surface area (TPSA) is 77.4 Å². The lowest BCUT2D eigenvalue weighted by molar-refractivity contribution is 0.262. The number of rotatable bonds is 6. The first-order valence-corrected chi connectivity index (χ1v) is 10.6. The third-order valence-corrected chi connectivity index (χ3v) is 5.68. The van der Waals surface area contributed by atoms with Crippen molar-refractivity contribution in [3.05, 3.63) is 83.0 Å². The molecule has 4 rings (SSSR count). The molecule has 2 amide bonds. The Bertz CT molecular complexity index is 1290. The van der Waals surface area contributed by atoms with Gasteiger partial charge >= 0.3 is 6.03 Å². The Morgan fingerprint density at radius 2 is 1.67 bits per heavy atom. The van der Waals surface area contributed by atoms with E-state index in [9.17, 15) is 4.79 Å². The number of carbonyl (C=O) groups is 1. The number of nitrogens with one attached hydrogen (secondary N) is 2. The minimum atomic E-state index is -0.429. The lowest BCUT2D eigenvalue weighted by atomic mass is 10.1. The molecular weight excluding hydrogens is 463 g/mol. The van der Waals surface area contributed by atoms with Gasteiger partial charge in [-0.15, -0.1) is 0 Å². The molecule has 4 aromatic rings. The Balaban J connectivity index is 1.45. The minimum Gasteiger partial charge on any atom is -0.493 e. The molecule has 168 valence electrons. The van der Waals surface area contributed by atoms with Crippen LogP contribution >= 0.6 is 23.2 Å². The van der Waals surface area contributed by atoms with Crippen molar-refractivity contribution in [2.45, 2.75) is 0 Å². The highest BCUT2D eigenvalue weighted by atomic mass is 35.5.